The van der Waals surface area contributed by atoms with E-state index in [1.807, 2.05) is 51.1 Å². The number of benzene rings is 3. The van der Waals surface area contributed by atoms with Gasteiger partial charge in [0.1, 0.15) is 23.4 Å². The molecular weight excluding hydrogens is 566 g/mol. The molecule has 1 saturated carbocycles. The molecule has 4 rings (SSSR count). The third-order valence-electron chi connectivity index (χ3n) is 7.12. The smallest absolute Gasteiger partial charge is 0.408 e. The number of amides is 3. The molecule has 0 bridgehead atoms. The second kappa shape index (κ2) is 13.1. The number of hydrogen-bond acceptors (Lipinski definition) is 5. The van der Waals surface area contributed by atoms with E-state index in [2.05, 4.69) is 10.6 Å². The third-order valence-corrected chi connectivity index (χ3v) is 7.43. The number of para-hydroxylation sites is 1. The summed E-state index contributed by atoms with van der Waals surface area (Å²) in [5, 5.41) is 15.9. The molecule has 3 aromatic rings. The monoisotopic (exact) mass is 605 g/mol. The van der Waals surface area contributed by atoms with Gasteiger partial charge in [-0.25, -0.2) is 4.79 Å². The van der Waals surface area contributed by atoms with Crippen molar-refractivity contribution in [3.63, 3.8) is 0 Å². The van der Waals surface area contributed by atoms with Crippen molar-refractivity contribution >= 4 is 35.2 Å². The zero-order chi connectivity index (χ0) is 31.5. The number of halogens is 1. The van der Waals surface area contributed by atoms with E-state index in [0.29, 0.717) is 16.3 Å². The molecule has 1 aliphatic carbocycles. The first-order chi connectivity index (χ1) is 20.2. The van der Waals surface area contributed by atoms with Crippen molar-refractivity contribution in [3.05, 3.63) is 93.5 Å². The van der Waals surface area contributed by atoms with Gasteiger partial charge in [0, 0.05) is 12.5 Å². The quantitative estimate of drug-likeness (QED) is 0.249. The van der Waals surface area contributed by atoms with Crippen LogP contribution in [0.2, 0.25) is 5.02 Å². The number of carbonyl (C=O) groups is 3. The van der Waals surface area contributed by atoms with Crippen LogP contribution in [0.3, 0.4) is 0 Å². The minimum Gasteiger partial charge on any atom is -0.508 e. The van der Waals surface area contributed by atoms with Gasteiger partial charge in [-0.3, -0.25) is 9.59 Å². The highest BCUT2D eigenvalue weighted by Gasteiger charge is 2.44. The summed E-state index contributed by atoms with van der Waals surface area (Å²) in [7, 11) is 0. The van der Waals surface area contributed by atoms with Crippen LogP contribution in [0.15, 0.2) is 60.7 Å². The predicted molar refractivity (Wildman–Crippen MR) is 168 cm³/mol. The predicted octanol–water partition coefficient (Wildman–Crippen LogP) is 6.78. The minimum absolute atomic E-state index is 0.0905. The van der Waals surface area contributed by atoms with E-state index < -0.39 is 35.6 Å². The first-order valence-corrected chi connectivity index (χ1v) is 14.8. The number of phenols is 1. The van der Waals surface area contributed by atoms with Crippen LogP contribution in [0, 0.1) is 20.8 Å². The van der Waals surface area contributed by atoms with Crippen LogP contribution in [-0.2, 0) is 20.7 Å². The molecule has 0 spiro atoms. The molecular formula is C34H40ClN3O5. The number of hydrogen-bond donors (Lipinski definition) is 3. The van der Waals surface area contributed by atoms with Crippen molar-refractivity contribution in [3.8, 4) is 5.75 Å². The summed E-state index contributed by atoms with van der Waals surface area (Å²) in [5.74, 6) is -0.716. The van der Waals surface area contributed by atoms with Gasteiger partial charge in [-0.05, 0) is 89.3 Å². The molecule has 2 unspecified atom stereocenters. The van der Waals surface area contributed by atoms with Gasteiger partial charge in [0.05, 0.1) is 10.7 Å². The SMILES string of the molecule is Cc1cc(C)cc(C(C(=O)Nc2c(C)cccc2Cl)N(C(=O)C(Cc2ccc(O)cc2)NC(=O)OC(C)(C)C)C2CC2)c1. The number of anilines is 1. The Balaban J connectivity index is 1.77. The first kappa shape index (κ1) is 31.9. The molecule has 1 aliphatic rings. The zero-order valence-corrected chi connectivity index (χ0v) is 26.3. The fourth-order valence-corrected chi connectivity index (χ4v) is 5.43. The molecule has 8 nitrogen and oxygen atoms in total. The Labute approximate surface area is 258 Å². The molecule has 9 heteroatoms. The van der Waals surface area contributed by atoms with E-state index in [-0.39, 0.29) is 18.2 Å². The van der Waals surface area contributed by atoms with Gasteiger partial charge >= 0.3 is 6.09 Å². The van der Waals surface area contributed by atoms with Gasteiger partial charge < -0.3 is 25.4 Å². The lowest BCUT2D eigenvalue weighted by Crippen LogP contribution is -2.54. The number of carbonyl (C=O) groups excluding carboxylic acids is 3. The summed E-state index contributed by atoms with van der Waals surface area (Å²) in [5.41, 5.74) is 3.80. The van der Waals surface area contributed by atoms with Crippen molar-refractivity contribution in [1.29, 1.82) is 0 Å². The lowest BCUT2D eigenvalue weighted by Gasteiger charge is -2.35. The number of rotatable bonds is 9. The minimum atomic E-state index is -1.04. The summed E-state index contributed by atoms with van der Waals surface area (Å²) in [6.07, 6.45) is 0.847. The van der Waals surface area contributed by atoms with Crippen molar-refractivity contribution in [2.45, 2.75) is 84.5 Å². The van der Waals surface area contributed by atoms with Crippen molar-refractivity contribution < 1.29 is 24.2 Å². The molecule has 2 atom stereocenters. The molecule has 3 aromatic carbocycles. The van der Waals surface area contributed by atoms with Crippen LogP contribution in [0.4, 0.5) is 10.5 Å². The van der Waals surface area contributed by atoms with E-state index in [4.69, 9.17) is 16.3 Å². The number of aromatic hydroxyl groups is 1. The van der Waals surface area contributed by atoms with Crippen LogP contribution in [0.1, 0.15) is 67.5 Å². The van der Waals surface area contributed by atoms with Gasteiger partial charge in [-0.2, -0.15) is 0 Å². The van der Waals surface area contributed by atoms with Gasteiger partial charge in [0.2, 0.25) is 5.91 Å². The molecule has 43 heavy (non-hydrogen) atoms. The largest absolute Gasteiger partial charge is 0.508 e. The molecule has 3 N–H and O–H groups in total. The summed E-state index contributed by atoms with van der Waals surface area (Å²) in [6, 6.07) is 15.4. The number of phenolic OH excluding ortho intramolecular Hbond substituents is 1. The van der Waals surface area contributed by atoms with Crippen LogP contribution < -0.4 is 10.6 Å². The van der Waals surface area contributed by atoms with Crippen LogP contribution in [0.5, 0.6) is 5.75 Å². The maximum atomic E-state index is 14.6. The van der Waals surface area contributed by atoms with Gasteiger partial charge in [-0.15, -0.1) is 0 Å². The molecule has 0 aliphatic heterocycles. The lowest BCUT2D eigenvalue weighted by atomic mass is 9.97. The number of alkyl carbamates (subject to hydrolysis) is 1. The maximum Gasteiger partial charge on any atom is 0.408 e. The van der Waals surface area contributed by atoms with Gasteiger partial charge in [-0.1, -0.05) is 65.2 Å². The van der Waals surface area contributed by atoms with Crippen molar-refractivity contribution in [2.75, 3.05) is 5.32 Å². The molecule has 0 heterocycles. The number of ether oxygens (including phenoxy) is 1. The van der Waals surface area contributed by atoms with E-state index >= 15 is 0 Å². The Hall–Kier alpha value is -4.04. The zero-order valence-electron chi connectivity index (χ0n) is 25.5. The molecule has 0 radical (unpaired) electrons. The van der Waals surface area contributed by atoms with E-state index in [1.165, 1.54) is 12.1 Å². The van der Waals surface area contributed by atoms with Crippen LogP contribution in [0.25, 0.3) is 0 Å². The van der Waals surface area contributed by atoms with E-state index in [9.17, 15) is 19.5 Å². The number of nitrogens with one attached hydrogen (secondary N) is 2. The average Bonchev–Trinajstić information content (AvgIpc) is 3.73. The summed E-state index contributed by atoms with van der Waals surface area (Å²) < 4.78 is 5.51. The second-order valence-electron chi connectivity index (χ2n) is 12.3. The molecule has 0 saturated heterocycles. The summed E-state index contributed by atoms with van der Waals surface area (Å²) in [4.78, 5) is 43.4. The standard InChI is InChI=1S/C34H40ClN3O5/c1-20-16-21(2)18-24(17-20)30(31(40)37-29-22(3)8-7-9-27(29)35)38(25-12-13-25)32(41)28(36-33(42)43-34(4,5)6)19-23-10-14-26(39)15-11-23/h7-11,14-18,25,28,30,39H,12-13,19H2,1-6H3,(H,36,42)(H,37,40). The van der Waals surface area contributed by atoms with E-state index in [1.54, 1.807) is 43.9 Å². The summed E-state index contributed by atoms with van der Waals surface area (Å²) in [6.45, 7) is 11.0. The topological polar surface area (TPSA) is 108 Å². The fraction of sp³-hybridized carbons (Fsp3) is 0.382. The molecule has 228 valence electrons. The van der Waals surface area contributed by atoms with Crippen LogP contribution in [-0.4, -0.2) is 45.6 Å². The molecule has 0 aromatic heterocycles. The van der Waals surface area contributed by atoms with E-state index in [0.717, 1.165) is 35.1 Å². The lowest BCUT2D eigenvalue weighted by molar-refractivity contribution is -0.141. The molecule has 3 amide bonds. The Morgan fingerprint density at radius 1 is 1.00 bits per heavy atom. The molecule has 1 fully saturated rings. The number of aryl methyl sites for hydroxylation is 3. The van der Waals surface area contributed by atoms with Crippen LogP contribution >= 0.6 is 11.6 Å². The highest BCUT2D eigenvalue weighted by molar-refractivity contribution is 6.34. The Morgan fingerprint density at radius 3 is 2.19 bits per heavy atom. The average molecular weight is 606 g/mol. The number of nitrogens with zero attached hydrogens (tertiary/aromatic N) is 1. The highest BCUT2D eigenvalue weighted by Crippen LogP contribution is 2.38. The van der Waals surface area contributed by atoms with Crippen molar-refractivity contribution in [2.24, 2.45) is 0 Å². The van der Waals surface area contributed by atoms with Gasteiger partial charge in [0.25, 0.3) is 5.91 Å². The Kier molecular flexibility index (Phi) is 9.70. The maximum absolute atomic E-state index is 14.6. The second-order valence-corrected chi connectivity index (χ2v) is 12.7. The third kappa shape index (κ3) is 8.51. The first-order valence-electron chi connectivity index (χ1n) is 14.5. The highest BCUT2D eigenvalue weighted by atomic mass is 35.5. The fourth-order valence-electron chi connectivity index (χ4n) is 5.16. The van der Waals surface area contributed by atoms with Gasteiger partial charge in [0.15, 0.2) is 0 Å². The van der Waals surface area contributed by atoms with Crippen molar-refractivity contribution in [1.82, 2.24) is 10.2 Å². The summed E-state index contributed by atoms with van der Waals surface area (Å²) >= 11 is 6.48. The Morgan fingerprint density at radius 2 is 1.63 bits per heavy atom. The Bertz CT molecular complexity index is 1450. The normalized spacial score (nSPS) is 14.4.